The van der Waals surface area contributed by atoms with Crippen LogP contribution in [0.15, 0.2) is 0 Å². The second kappa shape index (κ2) is 6.36. The van der Waals surface area contributed by atoms with E-state index in [4.69, 9.17) is 5.73 Å². The summed E-state index contributed by atoms with van der Waals surface area (Å²) in [6.45, 7) is 4.78. The van der Waals surface area contributed by atoms with E-state index in [-0.39, 0.29) is 0 Å². The van der Waals surface area contributed by atoms with Gasteiger partial charge in [0.2, 0.25) is 5.91 Å². The van der Waals surface area contributed by atoms with Crippen LogP contribution in [-0.2, 0) is 4.79 Å². The van der Waals surface area contributed by atoms with Crippen molar-refractivity contribution in [1.82, 2.24) is 9.80 Å². The van der Waals surface area contributed by atoms with Gasteiger partial charge in [-0.25, -0.2) is 0 Å². The molecule has 0 unspecified atom stereocenters. The van der Waals surface area contributed by atoms with Crippen LogP contribution in [-0.4, -0.2) is 54.5 Å². The summed E-state index contributed by atoms with van der Waals surface area (Å²) in [5.41, 5.74) is 5.44. The van der Waals surface area contributed by atoms with Crippen molar-refractivity contribution in [3.05, 3.63) is 0 Å². The molecule has 0 aromatic heterocycles. The van der Waals surface area contributed by atoms with Crippen molar-refractivity contribution in [2.45, 2.75) is 44.6 Å². The monoisotopic (exact) mass is 239 g/mol. The lowest BCUT2D eigenvalue weighted by Gasteiger charge is -2.34. The first-order valence-electron chi connectivity index (χ1n) is 7.03. The van der Waals surface area contributed by atoms with Crippen LogP contribution in [0.3, 0.4) is 0 Å². The molecule has 1 amide bonds. The highest BCUT2D eigenvalue weighted by molar-refractivity contribution is 5.76. The summed E-state index contributed by atoms with van der Waals surface area (Å²) >= 11 is 0. The smallest absolute Gasteiger partial charge is 0.222 e. The van der Waals surface area contributed by atoms with E-state index in [1.165, 1.54) is 12.8 Å². The third-order valence-electron chi connectivity index (χ3n) is 3.83. The molecule has 1 saturated carbocycles. The molecule has 0 aromatic carbocycles. The van der Waals surface area contributed by atoms with E-state index >= 15 is 0 Å². The number of unbranched alkanes of at least 4 members (excludes halogenated alkanes) is 2. The lowest BCUT2D eigenvalue weighted by atomic mass is 10.1. The fraction of sp³-hybridized carbons (Fsp3) is 0.923. The Morgan fingerprint density at radius 2 is 1.76 bits per heavy atom. The van der Waals surface area contributed by atoms with E-state index in [1.54, 1.807) is 0 Å². The van der Waals surface area contributed by atoms with Gasteiger partial charge in [0.15, 0.2) is 0 Å². The third-order valence-corrected chi connectivity index (χ3v) is 3.83. The molecule has 0 spiro atoms. The van der Waals surface area contributed by atoms with Gasteiger partial charge in [-0.05, 0) is 32.2 Å². The first-order chi connectivity index (χ1) is 8.31. The lowest BCUT2D eigenvalue weighted by Crippen LogP contribution is -2.49. The molecule has 0 bridgehead atoms. The SMILES string of the molecule is NCCCCCC(=O)N1CCN(C2CC2)CC1. The molecule has 2 aliphatic rings. The first-order valence-corrected chi connectivity index (χ1v) is 7.03. The zero-order chi connectivity index (χ0) is 12.1. The fourth-order valence-corrected chi connectivity index (χ4v) is 2.53. The number of nitrogens with two attached hydrogens (primary N) is 1. The number of hydrogen-bond acceptors (Lipinski definition) is 3. The third kappa shape index (κ3) is 3.96. The molecule has 0 aromatic rings. The van der Waals surface area contributed by atoms with E-state index < -0.39 is 0 Å². The van der Waals surface area contributed by atoms with Gasteiger partial charge in [0.1, 0.15) is 0 Å². The molecule has 1 saturated heterocycles. The molecule has 0 radical (unpaired) electrons. The summed E-state index contributed by atoms with van der Waals surface area (Å²) in [5, 5.41) is 0. The van der Waals surface area contributed by atoms with Gasteiger partial charge in [-0.3, -0.25) is 9.69 Å². The fourth-order valence-electron chi connectivity index (χ4n) is 2.53. The van der Waals surface area contributed by atoms with Crippen molar-refractivity contribution >= 4 is 5.91 Å². The van der Waals surface area contributed by atoms with Crippen LogP contribution in [0, 0.1) is 0 Å². The Morgan fingerprint density at radius 3 is 2.35 bits per heavy atom. The van der Waals surface area contributed by atoms with Crippen molar-refractivity contribution < 1.29 is 4.79 Å². The topological polar surface area (TPSA) is 49.6 Å². The van der Waals surface area contributed by atoms with E-state index in [0.29, 0.717) is 12.3 Å². The predicted molar refractivity (Wildman–Crippen MR) is 68.7 cm³/mol. The summed E-state index contributed by atoms with van der Waals surface area (Å²) in [5.74, 6) is 0.345. The molecule has 1 heterocycles. The van der Waals surface area contributed by atoms with Gasteiger partial charge in [-0.2, -0.15) is 0 Å². The van der Waals surface area contributed by atoms with Gasteiger partial charge < -0.3 is 10.6 Å². The molecule has 98 valence electrons. The molecule has 2 rings (SSSR count). The Balaban J connectivity index is 1.60. The normalized spacial score (nSPS) is 21.8. The molecule has 1 aliphatic carbocycles. The van der Waals surface area contributed by atoms with Crippen LogP contribution < -0.4 is 5.73 Å². The standard InChI is InChI=1S/C13H25N3O/c14-7-3-1-2-4-13(17)16-10-8-15(9-11-16)12-5-6-12/h12H,1-11,14H2. The van der Waals surface area contributed by atoms with Gasteiger partial charge in [0, 0.05) is 38.6 Å². The van der Waals surface area contributed by atoms with Crippen LogP contribution in [0.2, 0.25) is 0 Å². The molecular weight excluding hydrogens is 214 g/mol. The summed E-state index contributed by atoms with van der Waals surface area (Å²) in [6, 6.07) is 0.844. The second-order valence-corrected chi connectivity index (χ2v) is 5.25. The molecule has 4 heteroatoms. The lowest BCUT2D eigenvalue weighted by molar-refractivity contribution is -0.133. The Hall–Kier alpha value is -0.610. The van der Waals surface area contributed by atoms with Gasteiger partial charge in [-0.15, -0.1) is 0 Å². The van der Waals surface area contributed by atoms with E-state index in [1.807, 2.05) is 4.90 Å². The largest absolute Gasteiger partial charge is 0.340 e. The zero-order valence-corrected chi connectivity index (χ0v) is 10.7. The van der Waals surface area contributed by atoms with Gasteiger partial charge >= 0.3 is 0 Å². The average molecular weight is 239 g/mol. The van der Waals surface area contributed by atoms with Crippen LogP contribution in [0.25, 0.3) is 0 Å². The van der Waals surface area contributed by atoms with Gasteiger partial charge in [0.05, 0.1) is 0 Å². The number of nitrogens with zero attached hydrogens (tertiary/aromatic N) is 2. The van der Waals surface area contributed by atoms with Crippen LogP contribution in [0.1, 0.15) is 38.5 Å². The minimum atomic E-state index is 0.345. The number of carbonyl (C=O) groups is 1. The molecule has 2 N–H and O–H groups in total. The maximum Gasteiger partial charge on any atom is 0.222 e. The van der Waals surface area contributed by atoms with Crippen molar-refractivity contribution in [3.8, 4) is 0 Å². The molecule has 0 atom stereocenters. The minimum Gasteiger partial charge on any atom is -0.340 e. The Kier molecular flexibility index (Phi) is 4.80. The number of rotatable bonds is 6. The van der Waals surface area contributed by atoms with E-state index in [9.17, 15) is 4.79 Å². The Bertz CT molecular complexity index is 245. The predicted octanol–water partition coefficient (Wildman–Crippen LogP) is 0.812. The molecule has 17 heavy (non-hydrogen) atoms. The van der Waals surface area contributed by atoms with Crippen molar-refractivity contribution in [3.63, 3.8) is 0 Å². The number of hydrogen-bond donors (Lipinski definition) is 1. The van der Waals surface area contributed by atoms with Crippen molar-refractivity contribution in [2.75, 3.05) is 32.7 Å². The maximum atomic E-state index is 11.9. The summed E-state index contributed by atoms with van der Waals surface area (Å²) < 4.78 is 0. The summed E-state index contributed by atoms with van der Waals surface area (Å²) in [7, 11) is 0. The minimum absolute atomic E-state index is 0.345. The Labute approximate surface area is 104 Å². The van der Waals surface area contributed by atoms with Gasteiger partial charge in [0.25, 0.3) is 0 Å². The molecular formula is C13H25N3O. The highest BCUT2D eigenvalue weighted by atomic mass is 16.2. The van der Waals surface area contributed by atoms with E-state index in [0.717, 1.165) is 58.0 Å². The Morgan fingerprint density at radius 1 is 1.06 bits per heavy atom. The highest BCUT2D eigenvalue weighted by Gasteiger charge is 2.31. The number of piperazine rings is 1. The zero-order valence-electron chi connectivity index (χ0n) is 10.7. The molecule has 4 nitrogen and oxygen atoms in total. The maximum absolute atomic E-state index is 11.9. The van der Waals surface area contributed by atoms with Crippen LogP contribution in [0.5, 0.6) is 0 Å². The molecule has 2 fully saturated rings. The highest BCUT2D eigenvalue weighted by Crippen LogP contribution is 2.27. The quantitative estimate of drug-likeness (QED) is 0.698. The first kappa shape index (κ1) is 12.8. The summed E-state index contributed by atoms with van der Waals surface area (Å²) in [4.78, 5) is 16.5. The van der Waals surface area contributed by atoms with Gasteiger partial charge in [-0.1, -0.05) is 6.42 Å². The molecule has 1 aliphatic heterocycles. The number of carbonyl (C=O) groups excluding carboxylic acids is 1. The van der Waals surface area contributed by atoms with Crippen LogP contribution >= 0.6 is 0 Å². The average Bonchev–Trinajstić information content (AvgIpc) is 3.19. The van der Waals surface area contributed by atoms with Crippen LogP contribution in [0.4, 0.5) is 0 Å². The van der Waals surface area contributed by atoms with Crippen molar-refractivity contribution in [2.24, 2.45) is 5.73 Å². The second-order valence-electron chi connectivity index (χ2n) is 5.25. The van der Waals surface area contributed by atoms with E-state index in [2.05, 4.69) is 4.90 Å². The summed E-state index contributed by atoms with van der Waals surface area (Å²) in [6.07, 6.45) is 6.58. The van der Waals surface area contributed by atoms with Crippen molar-refractivity contribution in [1.29, 1.82) is 0 Å². The number of amides is 1.